The lowest BCUT2D eigenvalue weighted by Crippen LogP contribution is -2.10. The molecule has 18 heavy (non-hydrogen) atoms. The second-order valence-electron chi connectivity index (χ2n) is 5.93. The molecule has 0 aromatic carbocycles. The highest BCUT2D eigenvalue weighted by Crippen LogP contribution is 2.06. The first-order valence-electron chi connectivity index (χ1n) is 7.56. The predicted molar refractivity (Wildman–Crippen MR) is 84.1 cm³/mol. The van der Waals surface area contributed by atoms with Crippen LogP contribution < -0.4 is 0 Å². The smallest absolute Gasteiger partial charge is 0.0690 e. The Morgan fingerprint density at radius 3 is 2.11 bits per heavy atom. The molecule has 106 valence electrons. The first-order chi connectivity index (χ1) is 8.56. The Hall–Kier alpha value is -0.660. The maximum Gasteiger partial charge on any atom is 0.0690 e. The summed E-state index contributed by atoms with van der Waals surface area (Å²) in [5.74, 6) is 1.40. The standard InChI is InChI=1S/C16H32N2/c1-6-7-8-16(18-12-10-15(4)5)13-17-11-9-14(2)3/h11-12,14-16H,6-10,13H2,1-5H3. The van der Waals surface area contributed by atoms with E-state index in [1.807, 2.05) is 0 Å². The van der Waals surface area contributed by atoms with Gasteiger partial charge in [-0.05, 0) is 43.5 Å². The third kappa shape index (κ3) is 11.8. The van der Waals surface area contributed by atoms with Crippen LogP contribution in [-0.4, -0.2) is 25.0 Å². The van der Waals surface area contributed by atoms with Crippen molar-refractivity contribution in [2.24, 2.45) is 21.8 Å². The van der Waals surface area contributed by atoms with Crippen LogP contribution in [0.4, 0.5) is 0 Å². The molecule has 0 bridgehead atoms. The van der Waals surface area contributed by atoms with E-state index in [4.69, 9.17) is 0 Å². The fourth-order valence-electron chi connectivity index (χ4n) is 1.56. The van der Waals surface area contributed by atoms with Crippen molar-refractivity contribution in [3.05, 3.63) is 0 Å². The van der Waals surface area contributed by atoms with Gasteiger partial charge < -0.3 is 0 Å². The summed E-state index contributed by atoms with van der Waals surface area (Å²) in [5.41, 5.74) is 0. The van der Waals surface area contributed by atoms with Crippen LogP contribution in [0, 0.1) is 11.8 Å². The molecule has 1 atom stereocenters. The van der Waals surface area contributed by atoms with E-state index >= 15 is 0 Å². The third-order valence-corrected chi connectivity index (χ3v) is 2.81. The molecule has 0 aromatic rings. The molecule has 2 nitrogen and oxygen atoms in total. The van der Waals surface area contributed by atoms with E-state index in [9.17, 15) is 0 Å². The number of nitrogens with zero attached hydrogens (tertiary/aromatic N) is 2. The highest BCUT2D eigenvalue weighted by atomic mass is 14.8. The minimum atomic E-state index is 0.395. The van der Waals surface area contributed by atoms with E-state index in [0.29, 0.717) is 17.9 Å². The van der Waals surface area contributed by atoms with Gasteiger partial charge in [0.05, 0.1) is 12.6 Å². The molecule has 2 heteroatoms. The van der Waals surface area contributed by atoms with Crippen LogP contribution in [0.5, 0.6) is 0 Å². The van der Waals surface area contributed by atoms with Gasteiger partial charge in [-0.1, -0.05) is 47.5 Å². The molecule has 0 heterocycles. The lowest BCUT2D eigenvalue weighted by Gasteiger charge is -2.09. The number of hydrogen-bond acceptors (Lipinski definition) is 2. The summed E-state index contributed by atoms with van der Waals surface area (Å²) in [4.78, 5) is 9.20. The van der Waals surface area contributed by atoms with Crippen LogP contribution >= 0.6 is 0 Å². The van der Waals surface area contributed by atoms with Crippen molar-refractivity contribution >= 4 is 12.4 Å². The number of unbranched alkanes of at least 4 members (excludes halogenated alkanes) is 1. The molecule has 0 radical (unpaired) electrons. The monoisotopic (exact) mass is 252 g/mol. The van der Waals surface area contributed by atoms with Crippen molar-refractivity contribution in [2.75, 3.05) is 6.54 Å². The van der Waals surface area contributed by atoms with Crippen molar-refractivity contribution < 1.29 is 0 Å². The van der Waals surface area contributed by atoms with Crippen molar-refractivity contribution in [3.63, 3.8) is 0 Å². The van der Waals surface area contributed by atoms with Gasteiger partial charge in [0.1, 0.15) is 0 Å². The molecule has 0 saturated carbocycles. The zero-order valence-electron chi connectivity index (χ0n) is 13.0. The SMILES string of the molecule is CCCCC(CN=CCC(C)C)N=CCC(C)C. The fourth-order valence-corrected chi connectivity index (χ4v) is 1.56. The van der Waals surface area contributed by atoms with E-state index in [-0.39, 0.29) is 0 Å². The normalized spacial score (nSPS) is 14.4. The Balaban J connectivity index is 4.05. The molecule has 0 fully saturated rings. The topological polar surface area (TPSA) is 24.7 Å². The van der Waals surface area contributed by atoms with Gasteiger partial charge in [-0.25, -0.2) is 0 Å². The molecular formula is C16H32N2. The van der Waals surface area contributed by atoms with Crippen molar-refractivity contribution in [1.82, 2.24) is 0 Å². The van der Waals surface area contributed by atoms with Crippen molar-refractivity contribution in [2.45, 2.75) is 72.8 Å². The quantitative estimate of drug-likeness (QED) is 0.500. The predicted octanol–water partition coefficient (Wildman–Crippen LogP) is 4.78. The minimum Gasteiger partial charge on any atom is -0.295 e. The summed E-state index contributed by atoms with van der Waals surface area (Å²) >= 11 is 0. The maximum atomic E-state index is 4.68. The zero-order chi connectivity index (χ0) is 13.8. The average molecular weight is 252 g/mol. The van der Waals surface area contributed by atoms with Crippen LogP contribution in [0.2, 0.25) is 0 Å². The Morgan fingerprint density at radius 2 is 1.56 bits per heavy atom. The van der Waals surface area contributed by atoms with Gasteiger partial charge in [0.25, 0.3) is 0 Å². The van der Waals surface area contributed by atoms with E-state index in [1.165, 1.54) is 19.3 Å². The Bertz CT molecular complexity index is 229. The Labute approximate surface area is 114 Å². The van der Waals surface area contributed by atoms with E-state index in [2.05, 4.69) is 57.0 Å². The summed E-state index contributed by atoms with van der Waals surface area (Å²) in [7, 11) is 0. The summed E-state index contributed by atoms with van der Waals surface area (Å²) < 4.78 is 0. The molecule has 0 rings (SSSR count). The summed E-state index contributed by atoms with van der Waals surface area (Å²) in [5, 5.41) is 0. The minimum absolute atomic E-state index is 0.395. The second-order valence-corrected chi connectivity index (χ2v) is 5.93. The van der Waals surface area contributed by atoms with Crippen molar-refractivity contribution in [1.29, 1.82) is 0 Å². The van der Waals surface area contributed by atoms with Crippen LogP contribution in [0.15, 0.2) is 9.98 Å². The van der Waals surface area contributed by atoms with E-state index in [1.54, 1.807) is 0 Å². The lowest BCUT2D eigenvalue weighted by atomic mass is 10.1. The van der Waals surface area contributed by atoms with Crippen LogP contribution in [0.3, 0.4) is 0 Å². The van der Waals surface area contributed by atoms with Gasteiger partial charge in [-0.15, -0.1) is 0 Å². The molecule has 0 saturated heterocycles. The van der Waals surface area contributed by atoms with Gasteiger partial charge in [0.2, 0.25) is 0 Å². The van der Waals surface area contributed by atoms with Crippen LogP contribution in [0.1, 0.15) is 66.7 Å². The largest absolute Gasteiger partial charge is 0.295 e. The average Bonchev–Trinajstić information content (AvgIpc) is 2.29. The van der Waals surface area contributed by atoms with Crippen molar-refractivity contribution in [3.8, 4) is 0 Å². The number of hydrogen-bond donors (Lipinski definition) is 0. The molecule has 0 N–H and O–H groups in total. The number of rotatable bonds is 10. The van der Waals surface area contributed by atoms with Gasteiger partial charge >= 0.3 is 0 Å². The highest BCUT2D eigenvalue weighted by molar-refractivity contribution is 5.58. The lowest BCUT2D eigenvalue weighted by molar-refractivity contribution is 0.584. The van der Waals surface area contributed by atoms with Gasteiger partial charge in [0, 0.05) is 0 Å². The Morgan fingerprint density at radius 1 is 0.944 bits per heavy atom. The molecule has 0 aliphatic carbocycles. The molecule has 0 aliphatic heterocycles. The van der Waals surface area contributed by atoms with Gasteiger partial charge in [-0.3, -0.25) is 9.98 Å². The summed E-state index contributed by atoms with van der Waals surface area (Å²) in [6.45, 7) is 12.0. The van der Waals surface area contributed by atoms with Crippen LogP contribution in [0.25, 0.3) is 0 Å². The first-order valence-corrected chi connectivity index (χ1v) is 7.56. The maximum absolute atomic E-state index is 4.68. The first kappa shape index (κ1) is 17.3. The summed E-state index contributed by atoms with van der Waals surface area (Å²) in [6, 6.07) is 0.395. The molecule has 1 unspecified atom stereocenters. The van der Waals surface area contributed by atoms with E-state index in [0.717, 1.165) is 19.4 Å². The third-order valence-electron chi connectivity index (χ3n) is 2.81. The van der Waals surface area contributed by atoms with Gasteiger partial charge in [-0.2, -0.15) is 0 Å². The molecule has 0 amide bonds. The Kier molecular flexibility index (Phi) is 11.0. The molecule has 0 aromatic heterocycles. The number of aliphatic imine (C=N–C) groups is 2. The van der Waals surface area contributed by atoms with Gasteiger partial charge in [0.15, 0.2) is 0 Å². The second kappa shape index (κ2) is 11.4. The van der Waals surface area contributed by atoms with Crippen LogP contribution in [-0.2, 0) is 0 Å². The summed E-state index contributed by atoms with van der Waals surface area (Å²) in [6.07, 6.45) is 10.00. The zero-order valence-corrected chi connectivity index (χ0v) is 13.0. The fraction of sp³-hybridized carbons (Fsp3) is 0.875. The molecule has 0 spiro atoms. The highest BCUT2D eigenvalue weighted by Gasteiger charge is 2.04. The molecular weight excluding hydrogens is 220 g/mol. The van der Waals surface area contributed by atoms with E-state index < -0.39 is 0 Å². The molecule has 0 aliphatic rings.